The van der Waals surface area contributed by atoms with E-state index >= 15 is 0 Å². The summed E-state index contributed by atoms with van der Waals surface area (Å²) in [5, 5.41) is 0. The summed E-state index contributed by atoms with van der Waals surface area (Å²) in [5.74, 6) is 0.226. The summed E-state index contributed by atoms with van der Waals surface area (Å²) in [6.07, 6.45) is 3.00. The standard InChI is InChI=1S/C15H19N3O3/c1-9(2)13(14-16-5-6-18(14)4)21-15(20)11-7-10(3)17-12(19)8-11/h5-9,13H,1-4H3,(H,17,19). The average molecular weight is 289 g/mol. The van der Waals surface area contributed by atoms with Crippen LogP contribution in [0.5, 0.6) is 0 Å². The number of carbonyl (C=O) groups is 1. The van der Waals surface area contributed by atoms with Crippen LogP contribution >= 0.6 is 0 Å². The quantitative estimate of drug-likeness (QED) is 0.873. The lowest BCUT2D eigenvalue weighted by atomic mass is 10.1. The minimum absolute atomic E-state index is 0.0677. The number of hydrogen-bond donors (Lipinski definition) is 1. The van der Waals surface area contributed by atoms with E-state index in [0.29, 0.717) is 11.5 Å². The molecule has 0 aromatic carbocycles. The molecule has 0 fully saturated rings. The molecule has 6 heteroatoms. The largest absolute Gasteiger partial charge is 0.450 e. The molecule has 0 saturated carbocycles. The van der Waals surface area contributed by atoms with Crippen molar-refractivity contribution in [3.8, 4) is 0 Å². The highest BCUT2D eigenvalue weighted by atomic mass is 16.5. The summed E-state index contributed by atoms with van der Waals surface area (Å²) < 4.78 is 7.38. The van der Waals surface area contributed by atoms with Gasteiger partial charge in [0.05, 0.1) is 5.56 Å². The minimum atomic E-state index is -0.522. The molecule has 0 amide bonds. The molecular formula is C15H19N3O3. The first-order chi connectivity index (χ1) is 9.88. The fraction of sp³-hybridized carbons (Fsp3) is 0.400. The highest BCUT2D eigenvalue weighted by Crippen LogP contribution is 2.25. The second-order valence-electron chi connectivity index (χ2n) is 5.38. The molecule has 0 aliphatic carbocycles. The van der Waals surface area contributed by atoms with Crippen molar-refractivity contribution in [3.05, 3.63) is 52.0 Å². The monoisotopic (exact) mass is 289 g/mol. The number of carbonyl (C=O) groups excluding carboxylic acids is 1. The average Bonchev–Trinajstić information content (AvgIpc) is 2.80. The highest BCUT2D eigenvalue weighted by Gasteiger charge is 2.25. The van der Waals surface area contributed by atoms with Gasteiger partial charge in [0, 0.05) is 31.2 Å². The van der Waals surface area contributed by atoms with Gasteiger partial charge in [0.2, 0.25) is 5.56 Å². The Hall–Kier alpha value is -2.37. The molecule has 2 aromatic heterocycles. The van der Waals surface area contributed by atoms with Gasteiger partial charge in [-0.3, -0.25) is 4.79 Å². The first-order valence-electron chi connectivity index (χ1n) is 6.77. The first kappa shape index (κ1) is 15.0. The van der Waals surface area contributed by atoms with Crippen LogP contribution in [0.25, 0.3) is 0 Å². The van der Waals surface area contributed by atoms with Crippen molar-refractivity contribution in [2.24, 2.45) is 13.0 Å². The van der Waals surface area contributed by atoms with Gasteiger partial charge >= 0.3 is 5.97 Å². The third-order valence-corrected chi connectivity index (χ3v) is 3.17. The summed E-state index contributed by atoms with van der Waals surface area (Å²) in [6.45, 7) is 5.63. The van der Waals surface area contributed by atoms with Gasteiger partial charge < -0.3 is 14.3 Å². The Labute approximate surface area is 122 Å². The van der Waals surface area contributed by atoms with Crippen LogP contribution in [0, 0.1) is 12.8 Å². The number of rotatable bonds is 4. The Bertz CT molecular complexity index is 700. The Kier molecular flexibility index (Phi) is 4.26. The lowest BCUT2D eigenvalue weighted by Crippen LogP contribution is -2.21. The maximum atomic E-state index is 12.3. The molecule has 6 nitrogen and oxygen atoms in total. The van der Waals surface area contributed by atoms with Gasteiger partial charge in [-0.1, -0.05) is 13.8 Å². The highest BCUT2D eigenvalue weighted by molar-refractivity contribution is 5.89. The molecule has 2 heterocycles. The number of H-pyrrole nitrogens is 1. The lowest BCUT2D eigenvalue weighted by Gasteiger charge is -2.21. The van der Waals surface area contributed by atoms with Crippen molar-refractivity contribution < 1.29 is 9.53 Å². The van der Waals surface area contributed by atoms with Gasteiger partial charge in [-0.05, 0) is 18.9 Å². The summed E-state index contributed by atoms with van der Waals surface area (Å²) >= 11 is 0. The molecule has 112 valence electrons. The van der Waals surface area contributed by atoms with Crippen molar-refractivity contribution in [3.63, 3.8) is 0 Å². The Morgan fingerprint density at radius 1 is 1.38 bits per heavy atom. The van der Waals surface area contributed by atoms with Gasteiger partial charge in [0.1, 0.15) is 5.82 Å². The van der Waals surface area contributed by atoms with Crippen LogP contribution in [0.4, 0.5) is 0 Å². The predicted molar refractivity (Wildman–Crippen MR) is 78.0 cm³/mol. The third-order valence-electron chi connectivity index (χ3n) is 3.17. The Balaban J connectivity index is 2.27. The molecule has 1 N–H and O–H groups in total. The van der Waals surface area contributed by atoms with E-state index in [0.717, 1.165) is 0 Å². The summed E-state index contributed by atoms with van der Waals surface area (Å²) in [7, 11) is 1.85. The molecule has 1 atom stereocenters. The lowest BCUT2D eigenvalue weighted by molar-refractivity contribution is 0.0141. The van der Waals surface area contributed by atoms with Gasteiger partial charge in [-0.25, -0.2) is 9.78 Å². The fourth-order valence-electron chi connectivity index (χ4n) is 2.12. The number of aryl methyl sites for hydroxylation is 2. The minimum Gasteiger partial charge on any atom is -0.450 e. The maximum absolute atomic E-state index is 12.3. The molecule has 1 unspecified atom stereocenters. The van der Waals surface area contributed by atoms with E-state index in [-0.39, 0.29) is 17.0 Å². The Morgan fingerprint density at radius 2 is 2.10 bits per heavy atom. The number of pyridine rings is 1. The van der Waals surface area contributed by atoms with E-state index in [1.165, 1.54) is 6.07 Å². The number of nitrogens with one attached hydrogen (secondary N) is 1. The summed E-state index contributed by atoms with van der Waals surface area (Å²) in [6, 6.07) is 2.84. The zero-order chi connectivity index (χ0) is 15.6. The zero-order valence-electron chi connectivity index (χ0n) is 12.6. The second kappa shape index (κ2) is 5.95. The van der Waals surface area contributed by atoms with Crippen LogP contribution < -0.4 is 5.56 Å². The first-order valence-corrected chi connectivity index (χ1v) is 6.77. The molecule has 0 spiro atoms. The van der Waals surface area contributed by atoms with E-state index in [2.05, 4.69) is 9.97 Å². The number of aromatic amines is 1. The SMILES string of the molecule is Cc1cc(C(=O)OC(c2nccn2C)C(C)C)cc(=O)[nH]1. The number of hydrogen-bond acceptors (Lipinski definition) is 4. The van der Waals surface area contributed by atoms with Crippen LogP contribution in [-0.2, 0) is 11.8 Å². The van der Waals surface area contributed by atoms with Crippen LogP contribution in [0.2, 0.25) is 0 Å². The van der Waals surface area contributed by atoms with Crippen LogP contribution in [0.3, 0.4) is 0 Å². The fourth-order valence-corrected chi connectivity index (χ4v) is 2.12. The topological polar surface area (TPSA) is 77.0 Å². The second-order valence-corrected chi connectivity index (χ2v) is 5.38. The van der Waals surface area contributed by atoms with Crippen molar-refractivity contribution in [1.29, 1.82) is 0 Å². The smallest absolute Gasteiger partial charge is 0.339 e. The van der Waals surface area contributed by atoms with E-state index in [4.69, 9.17) is 4.74 Å². The normalized spacial score (nSPS) is 12.4. The molecule has 0 aliphatic heterocycles. The maximum Gasteiger partial charge on any atom is 0.339 e. The Morgan fingerprint density at radius 3 is 2.62 bits per heavy atom. The number of imidazole rings is 1. The van der Waals surface area contributed by atoms with Crippen molar-refractivity contribution in [2.75, 3.05) is 0 Å². The van der Waals surface area contributed by atoms with Gasteiger partial charge in [0.15, 0.2) is 6.10 Å². The predicted octanol–water partition coefficient (Wildman–Crippen LogP) is 1.97. The molecule has 0 bridgehead atoms. The van der Waals surface area contributed by atoms with E-state index in [1.807, 2.05) is 25.5 Å². The number of esters is 1. The summed E-state index contributed by atoms with van der Waals surface area (Å²) in [5.41, 5.74) is 0.545. The van der Waals surface area contributed by atoms with Gasteiger partial charge in [-0.2, -0.15) is 0 Å². The van der Waals surface area contributed by atoms with Crippen molar-refractivity contribution in [1.82, 2.24) is 14.5 Å². The van der Waals surface area contributed by atoms with Gasteiger partial charge in [0.25, 0.3) is 0 Å². The third kappa shape index (κ3) is 3.39. The molecule has 0 aliphatic rings. The molecule has 0 radical (unpaired) electrons. The van der Waals surface area contributed by atoms with Crippen LogP contribution in [-0.4, -0.2) is 20.5 Å². The van der Waals surface area contributed by atoms with Crippen LogP contribution in [0.1, 0.15) is 41.8 Å². The molecule has 21 heavy (non-hydrogen) atoms. The van der Waals surface area contributed by atoms with E-state index in [9.17, 15) is 9.59 Å². The zero-order valence-corrected chi connectivity index (χ0v) is 12.6. The van der Waals surface area contributed by atoms with Crippen molar-refractivity contribution in [2.45, 2.75) is 26.9 Å². The number of aromatic nitrogens is 3. The van der Waals surface area contributed by atoms with Crippen molar-refractivity contribution >= 4 is 5.97 Å². The van der Waals surface area contributed by atoms with Gasteiger partial charge in [-0.15, -0.1) is 0 Å². The summed E-state index contributed by atoms with van der Waals surface area (Å²) in [4.78, 5) is 30.5. The molecular weight excluding hydrogens is 270 g/mol. The molecule has 0 saturated heterocycles. The van der Waals surface area contributed by atoms with E-state index in [1.54, 1.807) is 25.4 Å². The molecule has 2 aromatic rings. The van der Waals surface area contributed by atoms with E-state index < -0.39 is 12.1 Å². The number of ether oxygens (including phenoxy) is 1. The molecule has 2 rings (SSSR count). The number of nitrogens with zero attached hydrogens (tertiary/aromatic N) is 2. The van der Waals surface area contributed by atoms with Crippen LogP contribution in [0.15, 0.2) is 29.3 Å².